The Morgan fingerprint density at radius 2 is 1.39 bits per heavy atom. The zero-order valence-electron chi connectivity index (χ0n) is 14.7. The first-order chi connectivity index (χ1) is 10.6. The molecular weight excluding hydrogens is 304 g/mol. The third-order valence-electron chi connectivity index (χ3n) is 2.64. The predicted octanol–water partition coefficient (Wildman–Crippen LogP) is 1.52. The van der Waals surface area contributed by atoms with Crippen LogP contribution in [0.4, 0.5) is 0 Å². The van der Waals surface area contributed by atoms with Gasteiger partial charge in [-0.25, -0.2) is 0 Å². The summed E-state index contributed by atoms with van der Waals surface area (Å²) < 4.78 is 20.4. The van der Waals surface area contributed by atoms with Gasteiger partial charge in [0, 0.05) is 13.5 Å². The summed E-state index contributed by atoms with van der Waals surface area (Å²) in [4.78, 5) is 34.0. The molecule has 0 aromatic carbocycles. The van der Waals surface area contributed by atoms with E-state index >= 15 is 0 Å². The monoisotopic (exact) mass is 332 g/mol. The van der Waals surface area contributed by atoms with Gasteiger partial charge < -0.3 is 18.9 Å². The van der Waals surface area contributed by atoms with Gasteiger partial charge in [0.15, 0.2) is 0 Å². The number of carbonyl (C=O) groups excluding carboxylic acids is 3. The molecular formula is C16H28O7. The maximum atomic E-state index is 11.9. The highest BCUT2D eigenvalue weighted by molar-refractivity contribution is 5.97. The van der Waals surface area contributed by atoms with Gasteiger partial charge in [-0.1, -0.05) is 0 Å². The van der Waals surface area contributed by atoms with Crippen molar-refractivity contribution in [1.82, 2.24) is 0 Å². The number of rotatable bonds is 11. The van der Waals surface area contributed by atoms with Crippen molar-refractivity contribution in [2.24, 2.45) is 5.92 Å². The van der Waals surface area contributed by atoms with Crippen LogP contribution in [0.5, 0.6) is 0 Å². The van der Waals surface area contributed by atoms with Crippen LogP contribution in [0.15, 0.2) is 0 Å². The predicted molar refractivity (Wildman–Crippen MR) is 82.9 cm³/mol. The molecule has 1 atom stereocenters. The Bertz CT molecular complexity index is 384. The third-order valence-corrected chi connectivity index (χ3v) is 2.64. The summed E-state index contributed by atoms with van der Waals surface area (Å²) in [6, 6.07) is 0. The Morgan fingerprint density at radius 3 is 1.87 bits per heavy atom. The Labute approximate surface area is 137 Å². The van der Waals surface area contributed by atoms with E-state index in [2.05, 4.69) is 0 Å². The average molecular weight is 332 g/mol. The Kier molecular flexibility index (Phi) is 10.4. The lowest BCUT2D eigenvalue weighted by Gasteiger charge is -2.22. The van der Waals surface area contributed by atoms with Crippen molar-refractivity contribution in [2.75, 3.05) is 33.0 Å². The molecule has 0 aliphatic heterocycles. The second-order valence-electron chi connectivity index (χ2n) is 6.05. The minimum Gasteiger partial charge on any atom is -0.463 e. The van der Waals surface area contributed by atoms with Crippen LogP contribution in [0.3, 0.4) is 0 Å². The van der Waals surface area contributed by atoms with Crippen molar-refractivity contribution in [2.45, 2.75) is 46.6 Å². The molecule has 7 heteroatoms. The molecule has 0 heterocycles. The standard InChI is InChI=1S/C16H28O7/c1-12(17)14(15(19)23-16(3,4)5)6-7-20-8-9-21-10-11-22-13(2)18/h14H,6-11H2,1-5H3. The molecule has 7 nitrogen and oxygen atoms in total. The van der Waals surface area contributed by atoms with Crippen LogP contribution < -0.4 is 0 Å². The van der Waals surface area contributed by atoms with Gasteiger partial charge >= 0.3 is 11.9 Å². The number of carbonyl (C=O) groups is 3. The Morgan fingerprint density at radius 1 is 0.870 bits per heavy atom. The number of esters is 2. The van der Waals surface area contributed by atoms with Crippen LogP contribution in [0.25, 0.3) is 0 Å². The molecule has 1 unspecified atom stereocenters. The van der Waals surface area contributed by atoms with E-state index in [1.54, 1.807) is 20.8 Å². The molecule has 0 N–H and O–H groups in total. The Hall–Kier alpha value is -1.47. The quantitative estimate of drug-likeness (QED) is 0.322. The van der Waals surface area contributed by atoms with Gasteiger partial charge in [0.2, 0.25) is 0 Å². The van der Waals surface area contributed by atoms with Crippen LogP contribution in [0.2, 0.25) is 0 Å². The van der Waals surface area contributed by atoms with E-state index in [9.17, 15) is 14.4 Å². The molecule has 0 rings (SSSR count). The molecule has 0 spiro atoms. The lowest BCUT2D eigenvalue weighted by atomic mass is 10.0. The SMILES string of the molecule is CC(=O)OCCOCCOCCC(C(C)=O)C(=O)OC(C)(C)C. The fourth-order valence-corrected chi connectivity index (χ4v) is 1.63. The maximum absolute atomic E-state index is 11.9. The van der Waals surface area contributed by atoms with Crippen LogP contribution in [-0.4, -0.2) is 56.4 Å². The van der Waals surface area contributed by atoms with E-state index in [0.717, 1.165) is 0 Å². The molecule has 0 saturated carbocycles. The minimum atomic E-state index is -0.806. The fourth-order valence-electron chi connectivity index (χ4n) is 1.63. The van der Waals surface area contributed by atoms with Crippen LogP contribution >= 0.6 is 0 Å². The second-order valence-corrected chi connectivity index (χ2v) is 6.05. The molecule has 0 radical (unpaired) electrons. The highest BCUT2D eigenvalue weighted by Gasteiger charge is 2.28. The van der Waals surface area contributed by atoms with Gasteiger partial charge in [-0.15, -0.1) is 0 Å². The van der Waals surface area contributed by atoms with Gasteiger partial charge in [0.1, 0.15) is 23.9 Å². The summed E-state index contributed by atoms with van der Waals surface area (Å²) in [5, 5.41) is 0. The molecule has 134 valence electrons. The van der Waals surface area contributed by atoms with E-state index in [0.29, 0.717) is 19.8 Å². The summed E-state index contributed by atoms with van der Waals surface area (Å²) in [5.41, 5.74) is -0.624. The number of Topliss-reactive ketones (excluding diaryl/α,β-unsaturated/α-hetero) is 1. The molecule has 0 aliphatic rings. The number of ketones is 1. The van der Waals surface area contributed by atoms with Crippen molar-refractivity contribution in [1.29, 1.82) is 0 Å². The van der Waals surface area contributed by atoms with Gasteiger partial charge in [-0.2, -0.15) is 0 Å². The third kappa shape index (κ3) is 12.7. The minimum absolute atomic E-state index is 0.209. The smallest absolute Gasteiger partial charge is 0.317 e. The number of hydrogen-bond donors (Lipinski definition) is 0. The molecule has 0 fully saturated rings. The normalized spacial score (nSPS) is 12.6. The van der Waals surface area contributed by atoms with Crippen molar-refractivity contribution in [3.8, 4) is 0 Å². The molecule has 0 amide bonds. The van der Waals surface area contributed by atoms with Crippen molar-refractivity contribution in [3.63, 3.8) is 0 Å². The summed E-state index contributed by atoms with van der Waals surface area (Å²) in [6.45, 7) is 9.42. The van der Waals surface area contributed by atoms with Crippen LogP contribution in [0, 0.1) is 5.92 Å². The summed E-state index contributed by atoms with van der Waals surface area (Å²) >= 11 is 0. The summed E-state index contributed by atoms with van der Waals surface area (Å²) in [5.74, 6) is -1.91. The van der Waals surface area contributed by atoms with Crippen LogP contribution in [0.1, 0.15) is 41.0 Å². The van der Waals surface area contributed by atoms with Crippen molar-refractivity contribution in [3.05, 3.63) is 0 Å². The first-order valence-corrected chi connectivity index (χ1v) is 7.65. The molecule has 0 saturated heterocycles. The van der Waals surface area contributed by atoms with E-state index in [1.807, 2.05) is 0 Å². The van der Waals surface area contributed by atoms with Crippen molar-refractivity contribution < 1.29 is 33.3 Å². The lowest BCUT2D eigenvalue weighted by Crippen LogP contribution is -2.32. The largest absolute Gasteiger partial charge is 0.463 e. The molecule has 23 heavy (non-hydrogen) atoms. The van der Waals surface area contributed by atoms with Gasteiger partial charge in [0.25, 0.3) is 0 Å². The van der Waals surface area contributed by atoms with Crippen molar-refractivity contribution >= 4 is 17.7 Å². The molecule has 0 aromatic rings. The highest BCUT2D eigenvalue weighted by atomic mass is 16.6. The topological polar surface area (TPSA) is 88.1 Å². The van der Waals surface area contributed by atoms with E-state index < -0.39 is 17.5 Å². The van der Waals surface area contributed by atoms with E-state index in [4.69, 9.17) is 18.9 Å². The second kappa shape index (κ2) is 11.1. The molecule has 0 bridgehead atoms. The fraction of sp³-hybridized carbons (Fsp3) is 0.812. The zero-order chi connectivity index (χ0) is 17.9. The highest BCUT2D eigenvalue weighted by Crippen LogP contribution is 2.14. The number of hydrogen-bond acceptors (Lipinski definition) is 7. The van der Waals surface area contributed by atoms with Gasteiger partial charge in [0.05, 0.1) is 19.8 Å². The lowest BCUT2D eigenvalue weighted by molar-refractivity contribution is -0.162. The van der Waals surface area contributed by atoms with Gasteiger partial charge in [-0.3, -0.25) is 14.4 Å². The summed E-state index contributed by atoms with van der Waals surface area (Å²) in [6.07, 6.45) is 0.275. The van der Waals surface area contributed by atoms with E-state index in [1.165, 1.54) is 13.8 Å². The molecule has 0 aromatic heterocycles. The first-order valence-electron chi connectivity index (χ1n) is 7.65. The first kappa shape index (κ1) is 21.5. The average Bonchev–Trinajstić information content (AvgIpc) is 2.37. The van der Waals surface area contributed by atoms with Crippen LogP contribution in [-0.2, 0) is 33.3 Å². The summed E-state index contributed by atoms with van der Waals surface area (Å²) in [7, 11) is 0. The van der Waals surface area contributed by atoms with E-state index in [-0.39, 0.29) is 31.4 Å². The van der Waals surface area contributed by atoms with Gasteiger partial charge in [-0.05, 0) is 34.1 Å². The number of ether oxygens (including phenoxy) is 4. The maximum Gasteiger partial charge on any atom is 0.317 e. The Balaban J connectivity index is 3.83. The molecule has 0 aliphatic carbocycles. The zero-order valence-corrected chi connectivity index (χ0v) is 14.7.